The quantitative estimate of drug-likeness (QED) is 0.275. The van der Waals surface area contributed by atoms with Crippen LogP contribution in [0.25, 0.3) is 0 Å². The van der Waals surface area contributed by atoms with Crippen molar-refractivity contribution in [3.8, 4) is 34.5 Å². The molecule has 2 atom stereocenters. The Hall–Kier alpha value is -3.54. The fourth-order valence-electron chi connectivity index (χ4n) is 5.17. The Balaban J connectivity index is 2.02. The molecule has 0 amide bonds. The molecule has 4 rings (SSSR count). The minimum absolute atomic E-state index is 0.0533. The molecule has 6 nitrogen and oxygen atoms in total. The van der Waals surface area contributed by atoms with Gasteiger partial charge in [-0.2, -0.15) is 0 Å². The van der Waals surface area contributed by atoms with E-state index in [2.05, 4.69) is 27.7 Å². The first kappa shape index (κ1) is 23.6. The molecule has 0 aliphatic heterocycles. The second-order valence-corrected chi connectivity index (χ2v) is 10.7. The van der Waals surface area contributed by atoms with Crippen LogP contribution in [0.4, 0.5) is 0 Å². The molecule has 3 aromatic carbocycles. The van der Waals surface area contributed by atoms with Gasteiger partial charge in [0.25, 0.3) is 0 Å². The maximum atomic E-state index is 10.9. The summed E-state index contributed by atoms with van der Waals surface area (Å²) >= 11 is 0. The smallest absolute Gasteiger partial charge is 0.123 e. The molecule has 0 spiro atoms. The van der Waals surface area contributed by atoms with Crippen LogP contribution in [0, 0.1) is 10.8 Å². The highest BCUT2D eigenvalue weighted by Gasteiger charge is 2.44. The molecular weight excluding hydrogens is 432 g/mol. The molecule has 6 N–H and O–H groups in total. The number of phenols is 6. The Morgan fingerprint density at radius 2 is 0.853 bits per heavy atom. The molecule has 6 heteroatoms. The monoisotopic (exact) mass is 464 g/mol. The second-order valence-electron chi connectivity index (χ2n) is 10.7. The van der Waals surface area contributed by atoms with Gasteiger partial charge >= 0.3 is 0 Å². The van der Waals surface area contributed by atoms with Crippen LogP contribution in [0.1, 0.15) is 74.6 Å². The summed E-state index contributed by atoms with van der Waals surface area (Å²) in [6, 6.07) is 12.0. The third-order valence-electron chi connectivity index (χ3n) is 7.97. The van der Waals surface area contributed by atoms with Gasteiger partial charge < -0.3 is 30.6 Å². The molecule has 34 heavy (non-hydrogen) atoms. The molecule has 0 heterocycles. The van der Waals surface area contributed by atoms with Crippen molar-refractivity contribution in [2.45, 2.75) is 52.4 Å². The fraction of sp³-hybridized carbons (Fsp3) is 0.357. The van der Waals surface area contributed by atoms with Crippen LogP contribution in [-0.4, -0.2) is 30.6 Å². The topological polar surface area (TPSA) is 121 Å². The molecule has 0 saturated carbocycles. The van der Waals surface area contributed by atoms with Gasteiger partial charge in [-0.1, -0.05) is 39.8 Å². The van der Waals surface area contributed by atoms with Crippen molar-refractivity contribution in [3.05, 3.63) is 70.8 Å². The van der Waals surface area contributed by atoms with Gasteiger partial charge in [-0.25, -0.2) is 0 Å². The van der Waals surface area contributed by atoms with E-state index >= 15 is 0 Å². The van der Waals surface area contributed by atoms with Crippen molar-refractivity contribution in [2.24, 2.45) is 10.8 Å². The van der Waals surface area contributed by atoms with Crippen LogP contribution in [0.2, 0.25) is 0 Å². The Labute approximate surface area is 199 Å². The highest BCUT2D eigenvalue weighted by Crippen LogP contribution is 2.57. The van der Waals surface area contributed by atoms with Crippen molar-refractivity contribution < 1.29 is 30.6 Å². The molecule has 0 fully saturated rings. The van der Waals surface area contributed by atoms with Crippen LogP contribution in [0.5, 0.6) is 34.5 Å². The first-order valence-corrected chi connectivity index (χ1v) is 11.4. The summed E-state index contributed by atoms with van der Waals surface area (Å²) in [6.45, 7) is 8.54. The summed E-state index contributed by atoms with van der Waals surface area (Å²) in [4.78, 5) is 0. The third kappa shape index (κ3) is 3.98. The van der Waals surface area contributed by atoms with Crippen molar-refractivity contribution >= 4 is 0 Å². The number of fused-ring (bicyclic) bond motifs is 2. The van der Waals surface area contributed by atoms with E-state index in [1.807, 2.05) is 0 Å². The van der Waals surface area contributed by atoms with Gasteiger partial charge in [-0.15, -0.1) is 0 Å². The number of phenolic OH excluding ortho intramolecular Hbond substituents is 6. The SMILES string of the molecule is CC1(C)CC(c2ccc(O)cc2O)c2cc(c(O)cc2O)C(c2ccc(O)cc2O)CC1(C)C. The minimum atomic E-state index is -0.415. The first-order chi connectivity index (χ1) is 15.8. The van der Waals surface area contributed by atoms with Crippen molar-refractivity contribution in [3.63, 3.8) is 0 Å². The third-order valence-corrected chi connectivity index (χ3v) is 7.97. The lowest BCUT2D eigenvalue weighted by Gasteiger charge is -2.45. The van der Waals surface area contributed by atoms with Crippen LogP contribution in [0.3, 0.4) is 0 Å². The summed E-state index contributed by atoms with van der Waals surface area (Å²) in [5.74, 6) is -1.27. The molecule has 180 valence electrons. The zero-order chi connectivity index (χ0) is 25.0. The number of hydrogen-bond donors (Lipinski definition) is 6. The predicted octanol–water partition coefficient (Wildman–Crippen LogP) is 6.03. The van der Waals surface area contributed by atoms with Crippen LogP contribution in [0.15, 0.2) is 48.5 Å². The Morgan fingerprint density at radius 1 is 0.500 bits per heavy atom. The van der Waals surface area contributed by atoms with E-state index in [4.69, 9.17) is 0 Å². The lowest BCUT2D eigenvalue weighted by atomic mass is 9.59. The van der Waals surface area contributed by atoms with Gasteiger partial charge in [-0.05, 0) is 41.9 Å². The average Bonchev–Trinajstić information content (AvgIpc) is 2.74. The molecule has 2 unspecified atom stereocenters. The number of hydrogen-bond acceptors (Lipinski definition) is 6. The summed E-state index contributed by atoms with van der Waals surface area (Å²) in [7, 11) is 0. The first-order valence-electron chi connectivity index (χ1n) is 11.4. The number of benzene rings is 3. The number of aromatic hydroxyl groups is 6. The summed E-state index contributed by atoms with van der Waals surface area (Å²) < 4.78 is 0. The lowest BCUT2D eigenvalue weighted by Crippen LogP contribution is -2.35. The van der Waals surface area contributed by atoms with Crippen molar-refractivity contribution in [1.82, 2.24) is 0 Å². The zero-order valence-corrected chi connectivity index (χ0v) is 19.9. The lowest BCUT2D eigenvalue weighted by molar-refractivity contribution is 0.0788. The van der Waals surface area contributed by atoms with Gasteiger partial charge in [0.05, 0.1) is 0 Å². The van der Waals surface area contributed by atoms with Gasteiger partial charge in [0.2, 0.25) is 0 Å². The van der Waals surface area contributed by atoms with E-state index in [0.717, 1.165) is 0 Å². The van der Waals surface area contributed by atoms with Crippen LogP contribution in [-0.2, 0) is 0 Å². The van der Waals surface area contributed by atoms with E-state index in [0.29, 0.717) is 35.1 Å². The van der Waals surface area contributed by atoms with E-state index in [-0.39, 0.29) is 45.3 Å². The Kier molecular flexibility index (Phi) is 5.59. The largest absolute Gasteiger partial charge is 0.508 e. The molecule has 1 aliphatic rings. The van der Waals surface area contributed by atoms with Crippen molar-refractivity contribution in [2.75, 3.05) is 0 Å². The molecular formula is C28H32O6. The molecule has 0 radical (unpaired) electrons. The summed E-state index contributed by atoms with van der Waals surface area (Å²) in [5, 5.41) is 62.9. The maximum absolute atomic E-state index is 10.9. The molecule has 0 saturated heterocycles. The molecule has 3 aromatic rings. The molecule has 0 aromatic heterocycles. The van der Waals surface area contributed by atoms with Crippen LogP contribution < -0.4 is 0 Å². The normalized spacial score (nSPS) is 21.3. The van der Waals surface area contributed by atoms with E-state index in [9.17, 15) is 30.6 Å². The second kappa shape index (κ2) is 8.05. The van der Waals surface area contributed by atoms with Gasteiger partial charge in [0.1, 0.15) is 34.5 Å². The Bertz CT molecular complexity index is 1150. The minimum Gasteiger partial charge on any atom is -0.508 e. The molecule has 1 aliphatic carbocycles. The standard InChI is InChI=1S/C28H32O6/c1-27(2)13-21(17-7-5-15(29)9-23(17)31)19-11-20(26(34)12-25(19)33)22(14-28(27,3)4)18-8-6-16(30)10-24(18)32/h5-12,21-22,29-34H,13-14H2,1-4H3. The highest BCUT2D eigenvalue weighted by molar-refractivity contribution is 5.56. The maximum Gasteiger partial charge on any atom is 0.123 e. The van der Waals surface area contributed by atoms with E-state index < -0.39 is 11.8 Å². The van der Waals surface area contributed by atoms with E-state index in [1.165, 1.54) is 30.3 Å². The van der Waals surface area contributed by atoms with Crippen LogP contribution >= 0.6 is 0 Å². The predicted molar refractivity (Wildman–Crippen MR) is 130 cm³/mol. The van der Waals surface area contributed by atoms with Crippen molar-refractivity contribution in [1.29, 1.82) is 0 Å². The fourth-order valence-corrected chi connectivity index (χ4v) is 5.17. The Morgan fingerprint density at radius 3 is 1.21 bits per heavy atom. The summed E-state index contributed by atoms with van der Waals surface area (Å²) in [5.41, 5.74) is 1.59. The zero-order valence-electron chi connectivity index (χ0n) is 19.9. The van der Waals surface area contributed by atoms with Gasteiger partial charge in [-0.3, -0.25) is 0 Å². The van der Waals surface area contributed by atoms with Gasteiger partial charge in [0.15, 0.2) is 0 Å². The summed E-state index contributed by atoms with van der Waals surface area (Å²) in [6.07, 6.45) is 1.15. The molecule has 2 bridgehead atoms. The average molecular weight is 465 g/mol. The highest BCUT2D eigenvalue weighted by atomic mass is 16.3. The van der Waals surface area contributed by atoms with Gasteiger partial charge in [0, 0.05) is 52.3 Å². The van der Waals surface area contributed by atoms with E-state index in [1.54, 1.807) is 18.2 Å². The number of rotatable bonds is 2.